The van der Waals surface area contributed by atoms with Crippen molar-refractivity contribution in [2.45, 2.75) is 39.2 Å². The van der Waals surface area contributed by atoms with Gasteiger partial charge in [0.1, 0.15) is 0 Å². The summed E-state index contributed by atoms with van der Waals surface area (Å²) in [5, 5.41) is 6.69. The van der Waals surface area contributed by atoms with Crippen LogP contribution in [0.3, 0.4) is 0 Å². The second-order valence-corrected chi connectivity index (χ2v) is 9.25. The van der Waals surface area contributed by atoms with E-state index in [4.69, 9.17) is 32.9 Å². The first-order valence-corrected chi connectivity index (χ1v) is 11.3. The number of benzene rings is 2. The monoisotopic (exact) mass is 474 g/mol. The summed E-state index contributed by atoms with van der Waals surface area (Å²) in [6, 6.07) is 10.9. The molecule has 0 N–H and O–H groups in total. The van der Waals surface area contributed by atoms with Crippen LogP contribution >= 0.6 is 23.2 Å². The van der Waals surface area contributed by atoms with Crippen LogP contribution in [-0.2, 0) is 20.1 Å². The maximum Gasteiger partial charge on any atom is 0.252 e. The third-order valence-corrected chi connectivity index (χ3v) is 6.38. The zero-order valence-electron chi connectivity index (χ0n) is 18.2. The maximum atomic E-state index is 12.8. The van der Waals surface area contributed by atoms with Crippen molar-refractivity contribution in [2.75, 3.05) is 13.2 Å². The molecule has 2 aliphatic heterocycles. The molecule has 1 amide bonds. The third kappa shape index (κ3) is 4.40. The Morgan fingerprint density at radius 3 is 2.56 bits per heavy atom. The van der Waals surface area contributed by atoms with Crippen LogP contribution in [0.1, 0.15) is 53.7 Å². The number of carbonyl (C=O) groups excluding carboxylic acids is 2. The van der Waals surface area contributed by atoms with E-state index in [0.29, 0.717) is 28.6 Å². The summed E-state index contributed by atoms with van der Waals surface area (Å²) in [7, 11) is 0. The van der Waals surface area contributed by atoms with Gasteiger partial charge in [-0.05, 0) is 56.2 Å². The van der Waals surface area contributed by atoms with Gasteiger partial charge in [0.2, 0.25) is 0 Å². The molecule has 0 radical (unpaired) electrons. The van der Waals surface area contributed by atoms with Crippen LogP contribution in [0.5, 0.6) is 0 Å². The lowest BCUT2D eigenvalue weighted by Crippen LogP contribution is -2.27. The van der Waals surface area contributed by atoms with Crippen LogP contribution in [0.2, 0.25) is 10.0 Å². The van der Waals surface area contributed by atoms with Crippen molar-refractivity contribution in [3.05, 3.63) is 68.7 Å². The zero-order valence-corrected chi connectivity index (χ0v) is 19.7. The molecule has 1 saturated heterocycles. The van der Waals surface area contributed by atoms with Crippen molar-refractivity contribution in [1.29, 1.82) is 0 Å². The molecule has 0 bridgehead atoms. The third-order valence-electron chi connectivity index (χ3n) is 5.94. The van der Waals surface area contributed by atoms with E-state index >= 15 is 0 Å². The van der Waals surface area contributed by atoms with Gasteiger partial charge in [0.25, 0.3) is 5.91 Å². The van der Waals surface area contributed by atoms with Crippen LogP contribution < -0.4 is 0 Å². The first-order valence-electron chi connectivity index (χ1n) is 10.5. The zero-order chi connectivity index (χ0) is 23.0. The number of hydroxylamine groups is 2. The van der Waals surface area contributed by atoms with Crippen LogP contribution in [-0.4, -0.2) is 35.6 Å². The molecule has 4 rings (SSSR count). The van der Waals surface area contributed by atoms with Crippen molar-refractivity contribution < 1.29 is 19.3 Å². The first-order chi connectivity index (χ1) is 15.2. The van der Waals surface area contributed by atoms with Crippen molar-refractivity contribution in [3.63, 3.8) is 0 Å². The molecule has 2 aromatic rings. The Morgan fingerprint density at radius 1 is 1.22 bits per heavy atom. The molecular formula is C24H24Cl2N2O4. The number of amides is 1. The van der Waals surface area contributed by atoms with Crippen molar-refractivity contribution >= 4 is 40.6 Å². The summed E-state index contributed by atoms with van der Waals surface area (Å²) >= 11 is 12.3. The number of carbonyl (C=O) groups is 2. The molecular weight excluding hydrogens is 451 g/mol. The van der Waals surface area contributed by atoms with Gasteiger partial charge in [0.15, 0.2) is 11.4 Å². The minimum absolute atomic E-state index is 0.0722. The first kappa shape index (κ1) is 22.8. The van der Waals surface area contributed by atoms with Gasteiger partial charge in [0, 0.05) is 40.6 Å². The van der Waals surface area contributed by atoms with Gasteiger partial charge in [-0.25, -0.2) is 5.06 Å². The van der Waals surface area contributed by atoms with E-state index in [2.05, 4.69) is 5.16 Å². The summed E-state index contributed by atoms with van der Waals surface area (Å²) in [6.07, 6.45) is 0.671. The van der Waals surface area contributed by atoms with Crippen LogP contribution in [0, 0.1) is 12.8 Å². The smallest absolute Gasteiger partial charge is 0.252 e. The van der Waals surface area contributed by atoms with Gasteiger partial charge < -0.3 is 4.84 Å². The Kier molecular flexibility index (Phi) is 6.30. The minimum atomic E-state index is -0.680. The number of oxime groups is 1. The second kappa shape index (κ2) is 8.85. The number of rotatable bonds is 6. The fourth-order valence-electron chi connectivity index (χ4n) is 4.11. The van der Waals surface area contributed by atoms with Crippen molar-refractivity contribution in [1.82, 2.24) is 5.06 Å². The summed E-state index contributed by atoms with van der Waals surface area (Å²) in [6.45, 7) is 6.38. The number of Topliss-reactive ketones (excluding diaryl/α,β-unsaturated/α-hetero) is 1. The lowest BCUT2D eigenvalue weighted by Gasteiger charge is -2.22. The fourth-order valence-corrected chi connectivity index (χ4v) is 4.64. The van der Waals surface area contributed by atoms with Gasteiger partial charge in [-0.2, -0.15) is 0 Å². The van der Waals surface area contributed by atoms with Crippen LogP contribution in [0.25, 0.3) is 0 Å². The highest BCUT2D eigenvalue weighted by atomic mass is 35.5. The number of hydrogen-bond acceptors (Lipinski definition) is 5. The standard InChI is InChI=1S/C24H24Cl2N2O4/c1-4-28-23(30)16(13-31-28)8-22(29)20-6-5-15(7-14(20)2)21-12-24(3,32-27-21)17-9-18(25)11-19(26)10-17/h5-7,9-11,16H,4,8,12-13H2,1-3H3/t16-,24-/m1/s1. The highest BCUT2D eigenvalue weighted by Gasteiger charge is 2.38. The van der Waals surface area contributed by atoms with E-state index in [1.54, 1.807) is 12.1 Å². The molecule has 2 atom stereocenters. The minimum Gasteiger partial charge on any atom is -0.384 e. The average molecular weight is 475 g/mol. The lowest BCUT2D eigenvalue weighted by molar-refractivity contribution is -0.160. The van der Waals surface area contributed by atoms with E-state index in [9.17, 15) is 9.59 Å². The molecule has 0 spiro atoms. The Hall–Kier alpha value is -2.41. The largest absolute Gasteiger partial charge is 0.384 e. The molecule has 0 aliphatic carbocycles. The predicted molar refractivity (Wildman–Crippen MR) is 123 cm³/mol. The molecule has 168 valence electrons. The Labute approximate surface area is 197 Å². The van der Waals surface area contributed by atoms with E-state index in [0.717, 1.165) is 22.4 Å². The second-order valence-electron chi connectivity index (χ2n) is 8.38. The Morgan fingerprint density at radius 2 is 1.94 bits per heavy atom. The van der Waals surface area contributed by atoms with Crippen molar-refractivity contribution in [3.8, 4) is 0 Å². The number of aryl methyl sites for hydroxylation is 1. The molecule has 2 aliphatic rings. The molecule has 2 heterocycles. The number of hydrogen-bond donors (Lipinski definition) is 0. The van der Waals surface area contributed by atoms with Crippen LogP contribution in [0.15, 0.2) is 41.6 Å². The number of nitrogens with zero attached hydrogens (tertiary/aromatic N) is 2. The van der Waals surface area contributed by atoms with E-state index < -0.39 is 11.5 Å². The molecule has 0 unspecified atom stereocenters. The van der Waals surface area contributed by atoms with E-state index in [1.165, 1.54) is 5.06 Å². The van der Waals surface area contributed by atoms with E-state index in [-0.39, 0.29) is 24.7 Å². The summed E-state index contributed by atoms with van der Waals surface area (Å²) < 4.78 is 0. The topological polar surface area (TPSA) is 68.2 Å². The SMILES string of the molecule is CCN1OC[C@@H](CC(=O)c2ccc(C3=NO[C@@](C)(c4cc(Cl)cc(Cl)c4)C3)cc2C)C1=O. The van der Waals surface area contributed by atoms with Crippen LogP contribution in [0.4, 0.5) is 0 Å². The number of ketones is 1. The molecule has 6 nitrogen and oxygen atoms in total. The maximum absolute atomic E-state index is 12.8. The molecule has 8 heteroatoms. The fraction of sp³-hybridized carbons (Fsp3) is 0.375. The summed E-state index contributed by atoms with van der Waals surface area (Å²) in [5.74, 6) is -0.635. The van der Waals surface area contributed by atoms with Gasteiger partial charge in [0.05, 0.1) is 18.2 Å². The number of halogens is 2. The summed E-state index contributed by atoms with van der Waals surface area (Å²) in [5.41, 5.74) is 3.26. The molecule has 2 aromatic carbocycles. The lowest BCUT2D eigenvalue weighted by atomic mass is 9.88. The van der Waals surface area contributed by atoms with Gasteiger partial charge in [-0.1, -0.05) is 40.5 Å². The van der Waals surface area contributed by atoms with Crippen molar-refractivity contribution in [2.24, 2.45) is 11.1 Å². The highest BCUT2D eigenvalue weighted by molar-refractivity contribution is 6.34. The molecule has 32 heavy (non-hydrogen) atoms. The molecule has 0 aromatic heterocycles. The molecule has 0 saturated carbocycles. The normalized spacial score (nSPS) is 22.8. The van der Waals surface area contributed by atoms with E-state index in [1.807, 2.05) is 45.0 Å². The quantitative estimate of drug-likeness (QED) is 0.530. The van der Waals surface area contributed by atoms with Gasteiger partial charge in [-0.15, -0.1) is 0 Å². The Balaban J connectivity index is 1.48. The van der Waals surface area contributed by atoms with Gasteiger partial charge in [-0.3, -0.25) is 14.4 Å². The average Bonchev–Trinajstić information content (AvgIpc) is 3.31. The van der Waals surface area contributed by atoms with Gasteiger partial charge >= 0.3 is 0 Å². The molecule has 1 fully saturated rings. The summed E-state index contributed by atoms with van der Waals surface area (Å²) in [4.78, 5) is 36.2. The predicted octanol–water partition coefficient (Wildman–Crippen LogP) is 5.32. The Bertz CT molecular complexity index is 1100. The highest BCUT2D eigenvalue weighted by Crippen LogP contribution is 2.38.